The molecule has 0 atom stereocenters. The van der Waals surface area contributed by atoms with Crippen molar-refractivity contribution in [2.45, 2.75) is 25.2 Å². The summed E-state index contributed by atoms with van der Waals surface area (Å²) >= 11 is 1.31. The van der Waals surface area contributed by atoms with Crippen molar-refractivity contribution in [1.82, 2.24) is 4.98 Å². The van der Waals surface area contributed by atoms with E-state index in [9.17, 15) is 4.79 Å². The number of carboxylic acids is 1. The van der Waals surface area contributed by atoms with Crippen LogP contribution in [0, 0.1) is 0 Å². The molecule has 0 aromatic carbocycles. The maximum absolute atomic E-state index is 10.5. The van der Waals surface area contributed by atoms with E-state index in [0.717, 1.165) is 5.01 Å². The van der Waals surface area contributed by atoms with E-state index in [4.69, 9.17) is 5.11 Å². The molecular weight excluding hydrogens is 174 g/mol. The van der Waals surface area contributed by atoms with Gasteiger partial charge in [0.1, 0.15) is 4.88 Å². The van der Waals surface area contributed by atoms with Gasteiger partial charge in [-0.2, -0.15) is 0 Å². The number of aromatic carboxylic acids is 1. The second-order valence-electron chi connectivity index (χ2n) is 3.00. The summed E-state index contributed by atoms with van der Waals surface area (Å²) < 4.78 is 0. The molecule has 64 valence electrons. The molecule has 0 saturated heterocycles. The lowest BCUT2D eigenvalue weighted by Gasteiger charge is -2.22. The van der Waals surface area contributed by atoms with Crippen molar-refractivity contribution in [1.29, 1.82) is 0 Å². The number of hydrogen-bond donors (Lipinski definition) is 1. The third-order valence-corrected chi connectivity index (χ3v) is 3.34. The Morgan fingerprint density at radius 1 is 1.67 bits per heavy atom. The highest BCUT2D eigenvalue weighted by atomic mass is 32.1. The van der Waals surface area contributed by atoms with Crippen molar-refractivity contribution >= 4 is 17.3 Å². The van der Waals surface area contributed by atoms with Crippen LogP contribution in [0.5, 0.6) is 0 Å². The monoisotopic (exact) mass is 183 g/mol. The molecule has 12 heavy (non-hydrogen) atoms. The Bertz CT molecular complexity index is 304. The van der Waals surface area contributed by atoms with Gasteiger partial charge < -0.3 is 5.11 Å². The van der Waals surface area contributed by atoms with Crippen molar-refractivity contribution in [2.75, 3.05) is 0 Å². The summed E-state index contributed by atoms with van der Waals surface area (Å²) in [5.74, 6) is -0.318. The standard InChI is InChI=1S/C8H9NO2S/c10-8(11)6-4-9-7(12-6)5-2-1-3-5/h4-5H,1-3H2,(H,10,11). The van der Waals surface area contributed by atoms with Crippen LogP contribution in [0.2, 0.25) is 0 Å². The van der Waals surface area contributed by atoms with Gasteiger partial charge in [0.05, 0.1) is 11.2 Å². The molecule has 0 radical (unpaired) electrons. The zero-order chi connectivity index (χ0) is 8.55. The van der Waals surface area contributed by atoms with E-state index >= 15 is 0 Å². The molecule has 1 N–H and O–H groups in total. The van der Waals surface area contributed by atoms with Gasteiger partial charge in [-0.15, -0.1) is 11.3 Å². The summed E-state index contributed by atoms with van der Waals surface area (Å²) in [6.07, 6.45) is 5.06. The summed E-state index contributed by atoms with van der Waals surface area (Å²) in [5.41, 5.74) is 0. The zero-order valence-electron chi connectivity index (χ0n) is 6.49. The fourth-order valence-corrected chi connectivity index (χ4v) is 2.16. The van der Waals surface area contributed by atoms with Gasteiger partial charge in [-0.05, 0) is 12.8 Å². The molecule has 0 unspecified atom stereocenters. The number of carbonyl (C=O) groups is 1. The van der Waals surface area contributed by atoms with Gasteiger partial charge in [0.2, 0.25) is 0 Å². The SMILES string of the molecule is O=C(O)c1cnc(C2CCC2)s1. The summed E-state index contributed by atoms with van der Waals surface area (Å²) in [7, 11) is 0. The quantitative estimate of drug-likeness (QED) is 0.763. The summed E-state index contributed by atoms with van der Waals surface area (Å²) in [6.45, 7) is 0. The van der Waals surface area contributed by atoms with E-state index in [2.05, 4.69) is 4.98 Å². The average molecular weight is 183 g/mol. The highest BCUT2D eigenvalue weighted by Crippen LogP contribution is 2.38. The number of rotatable bonds is 2. The first-order valence-corrected chi connectivity index (χ1v) is 4.78. The molecule has 1 aromatic rings. The summed E-state index contributed by atoms with van der Waals surface area (Å²) in [4.78, 5) is 15.0. The number of carboxylic acid groups (broad SMARTS) is 1. The molecule has 0 amide bonds. The molecule has 0 aliphatic heterocycles. The molecule has 1 aliphatic carbocycles. The third-order valence-electron chi connectivity index (χ3n) is 2.19. The minimum Gasteiger partial charge on any atom is -0.477 e. The molecular formula is C8H9NO2S. The van der Waals surface area contributed by atoms with Gasteiger partial charge in [-0.1, -0.05) is 6.42 Å². The average Bonchev–Trinajstić information content (AvgIpc) is 2.32. The second kappa shape index (κ2) is 2.86. The minimum atomic E-state index is -0.863. The van der Waals surface area contributed by atoms with Crippen LogP contribution < -0.4 is 0 Å². The Hall–Kier alpha value is -0.900. The highest BCUT2D eigenvalue weighted by molar-refractivity contribution is 7.13. The van der Waals surface area contributed by atoms with Crippen molar-refractivity contribution in [2.24, 2.45) is 0 Å². The molecule has 3 nitrogen and oxygen atoms in total. The lowest BCUT2D eigenvalue weighted by Crippen LogP contribution is -2.07. The highest BCUT2D eigenvalue weighted by Gasteiger charge is 2.23. The van der Waals surface area contributed by atoms with Gasteiger partial charge in [0.25, 0.3) is 0 Å². The molecule has 2 rings (SSSR count). The maximum Gasteiger partial charge on any atom is 0.347 e. The maximum atomic E-state index is 10.5. The number of thiazole rings is 1. The van der Waals surface area contributed by atoms with Crippen molar-refractivity contribution in [3.05, 3.63) is 16.1 Å². The fraction of sp³-hybridized carbons (Fsp3) is 0.500. The van der Waals surface area contributed by atoms with Crippen LogP contribution in [-0.4, -0.2) is 16.1 Å². The zero-order valence-corrected chi connectivity index (χ0v) is 7.30. The Labute approximate surface area is 74.1 Å². The predicted molar refractivity (Wildman–Crippen MR) is 45.7 cm³/mol. The fourth-order valence-electron chi connectivity index (χ4n) is 1.23. The molecule has 0 spiro atoms. The number of hydrogen-bond acceptors (Lipinski definition) is 3. The van der Waals surface area contributed by atoms with E-state index in [1.807, 2.05) is 0 Å². The van der Waals surface area contributed by atoms with E-state index < -0.39 is 5.97 Å². The van der Waals surface area contributed by atoms with Crippen LogP contribution in [0.25, 0.3) is 0 Å². The van der Waals surface area contributed by atoms with Crippen molar-refractivity contribution in [3.63, 3.8) is 0 Å². The molecule has 4 heteroatoms. The number of nitrogens with zero attached hydrogens (tertiary/aromatic N) is 1. The Morgan fingerprint density at radius 2 is 2.42 bits per heavy atom. The molecule has 1 heterocycles. The molecule has 1 saturated carbocycles. The van der Waals surface area contributed by atoms with Crippen molar-refractivity contribution < 1.29 is 9.90 Å². The Morgan fingerprint density at radius 3 is 2.83 bits per heavy atom. The number of aromatic nitrogens is 1. The van der Waals surface area contributed by atoms with Crippen LogP contribution in [0.4, 0.5) is 0 Å². The molecule has 1 aromatic heterocycles. The summed E-state index contributed by atoms with van der Waals surface area (Å²) in [5, 5.41) is 9.64. The normalized spacial score (nSPS) is 17.3. The topological polar surface area (TPSA) is 50.2 Å². The first kappa shape index (κ1) is 7.73. The van der Waals surface area contributed by atoms with Gasteiger partial charge in [0, 0.05) is 5.92 Å². The van der Waals surface area contributed by atoms with Crippen LogP contribution in [0.15, 0.2) is 6.20 Å². The third kappa shape index (κ3) is 1.22. The predicted octanol–water partition coefficient (Wildman–Crippen LogP) is 2.11. The van der Waals surface area contributed by atoms with E-state index in [0.29, 0.717) is 10.8 Å². The molecule has 0 bridgehead atoms. The smallest absolute Gasteiger partial charge is 0.347 e. The van der Waals surface area contributed by atoms with Gasteiger partial charge in [-0.25, -0.2) is 9.78 Å². The van der Waals surface area contributed by atoms with E-state index in [-0.39, 0.29) is 0 Å². The van der Waals surface area contributed by atoms with Gasteiger partial charge in [0.15, 0.2) is 0 Å². The minimum absolute atomic E-state index is 0.358. The van der Waals surface area contributed by atoms with Crippen LogP contribution in [0.1, 0.15) is 39.9 Å². The van der Waals surface area contributed by atoms with Gasteiger partial charge in [-0.3, -0.25) is 0 Å². The van der Waals surface area contributed by atoms with E-state index in [1.54, 1.807) is 0 Å². The lowest BCUT2D eigenvalue weighted by atomic mass is 9.86. The molecule has 1 fully saturated rings. The second-order valence-corrected chi connectivity index (χ2v) is 4.06. The Balaban J connectivity index is 2.17. The van der Waals surface area contributed by atoms with Crippen LogP contribution >= 0.6 is 11.3 Å². The lowest BCUT2D eigenvalue weighted by molar-refractivity contribution is 0.0702. The van der Waals surface area contributed by atoms with Crippen LogP contribution in [0.3, 0.4) is 0 Å². The van der Waals surface area contributed by atoms with Gasteiger partial charge >= 0.3 is 5.97 Å². The first-order chi connectivity index (χ1) is 5.77. The molecule has 1 aliphatic rings. The Kier molecular flexibility index (Phi) is 1.84. The van der Waals surface area contributed by atoms with Crippen molar-refractivity contribution in [3.8, 4) is 0 Å². The largest absolute Gasteiger partial charge is 0.477 e. The van der Waals surface area contributed by atoms with Crippen LogP contribution in [-0.2, 0) is 0 Å². The van der Waals surface area contributed by atoms with E-state index in [1.165, 1.54) is 36.8 Å². The summed E-state index contributed by atoms with van der Waals surface area (Å²) in [6, 6.07) is 0. The first-order valence-electron chi connectivity index (χ1n) is 3.96.